The largest absolute Gasteiger partial charge is 0.312 e. The maximum Gasteiger partial charge on any atom is 0.150 e. The van der Waals surface area contributed by atoms with Crippen LogP contribution in [0.2, 0.25) is 0 Å². The summed E-state index contributed by atoms with van der Waals surface area (Å²) in [6.45, 7) is 3.88. The fourth-order valence-electron chi connectivity index (χ4n) is 2.56. The molecule has 1 aliphatic rings. The SMILES string of the molecule is CCC1NCCn2c(Cc3ccccc3F)nnc21. The van der Waals surface area contributed by atoms with Crippen molar-refractivity contribution in [3.8, 4) is 0 Å². The summed E-state index contributed by atoms with van der Waals surface area (Å²) in [5.41, 5.74) is 0.671. The van der Waals surface area contributed by atoms with E-state index in [9.17, 15) is 4.39 Å². The molecule has 19 heavy (non-hydrogen) atoms. The van der Waals surface area contributed by atoms with E-state index in [2.05, 4.69) is 27.0 Å². The number of nitrogens with zero attached hydrogens (tertiary/aromatic N) is 3. The molecule has 0 bridgehead atoms. The van der Waals surface area contributed by atoms with E-state index in [1.807, 2.05) is 6.07 Å². The molecule has 4 nitrogen and oxygen atoms in total. The van der Waals surface area contributed by atoms with Gasteiger partial charge in [0, 0.05) is 19.5 Å². The predicted octanol–water partition coefficient (Wildman–Crippen LogP) is 2.06. The number of hydrogen-bond donors (Lipinski definition) is 1. The molecule has 1 aromatic heterocycles. The number of benzene rings is 1. The molecule has 2 aromatic rings. The van der Waals surface area contributed by atoms with Crippen molar-refractivity contribution >= 4 is 0 Å². The molecule has 1 unspecified atom stereocenters. The number of nitrogens with one attached hydrogen (secondary N) is 1. The number of hydrogen-bond acceptors (Lipinski definition) is 3. The molecule has 1 aliphatic heterocycles. The second kappa shape index (κ2) is 5.09. The van der Waals surface area contributed by atoms with Gasteiger partial charge < -0.3 is 9.88 Å². The fourth-order valence-corrected chi connectivity index (χ4v) is 2.56. The third-order valence-corrected chi connectivity index (χ3v) is 3.61. The van der Waals surface area contributed by atoms with Crippen LogP contribution in [0.25, 0.3) is 0 Å². The standard InChI is InChI=1S/C14H17FN4/c1-2-12-14-18-17-13(19(14)8-7-16-12)9-10-5-3-4-6-11(10)15/h3-6,12,16H,2,7-9H2,1H3. The highest BCUT2D eigenvalue weighted by atomic mass is 19.1. The van der Waals surface area contributed by atoms with Crippen LogP contribution < -0.4 is 5.32 Å². The summed E-state index contributed by atoms with van der Waals surface area (Å²) >= 11 is 0. The van der Waals surface area contributed by atoms with Gasteiger partial charge >= 0.3 is 0 Å². The second-order valence-corrected chi connectivity index (χ2v) is 4.81. The highest BCUT2D eigenvalue weighted by molar-refractivity contribution is 5.22. The Hall–Kier alpha value is -1.75. The first-order valence-corrected chi connectivity index (χ1v) is 6.68. The highest BCUT2D eigenvalue weighted by Gasteiger charge is 2.23. The second-order valence-electron chi connectivity index (χ2n) is 4.81. The summed E-state index contributed by atoms with van der Waals surface area (Å²) in [6, 6.07) is 7.10. The molecule has 1 N–H and O–H groups in total. The quantitative estimate of drug-likeness (QED) is 0.918. The zero-order valence-corrected chi connectivity index (χ0v) is 10.9. The van der Waals surface area contributed by atoms with Crippen LogP contribution >= 0.6 is 0 Å². The number of halogens is 1. The first kappa shape index (κ1) is 12.3. The average Bonchev–Trinajstić information content (AvgIpc) is 2.84. The van der Waals surface area contributed by atoms with Crippen molar-refractivity contribution in [2.24, 2.45) is 0 Å². The van der Waals surface area contributed by atoms with Crippen LogP contribution in [0.4, 0.5) is 4.39 Å². The molecule has 0 aliphatic carbocycles. The molecule has 2 heterocycles. The summed E-state index contributed by atoms with van der Waals surface area (Å²) in [6.07, 6.45) is 1.48. The minimum absolute atomic E-state index is 0.180. The van der Waals surface area contributed by atoms with Gasteiger partial charge in [-0.05, 0) is 18.1 Å². The lowest BCUT2D eigenvalue weighted by atomic mass is 10.1. The minimum Gasteiger partial charge on any atom is -0.312 e. The van der Waals surface area contributed by atoms with Crippen molar-refractivity contribution in [2.45, 2.75) is 32.4 Å². The first-order chi connectivity index (χ1) is 9.29. The van der Waals surface area contributed by atoms with Crippen molar-refractivity contribution in [2.75, 3.05) is 6.54 Å². The number of rotatable bonds is 3. The summed E-state index contributed by atoms with van der Waals surface area (Å²) in [7, 11) is 0. The number of aromatic nitrogens is 3. The monoisotopic (exact) mass is 260 g/mol. The van der Waals surface area contributed by atoms with Gasteiger partial charge in [-0.1, -0.05) is 25.1 Å². The molecule has 0 amide bonds. The van der Waals surface area contributed by atoms with E-state index in [0.717, 1.165) is 31.2 Å². The molecule has 0 saturated heterocycles. The Morgan fingerprint density at radius 1 is 1.37 bits per heavy atom. The molecule has 5 heteroatoms. The van der Waals surface area contributed by atoms with Gasteiger partial charge in [0.05, 0.1) is 6.04 Å². The van der Waals surface area contributed by atoms with E-state index in [0.29, 0.717) is 12.0 Å². The minimum atomic E-state index is -0.180. The molecule has 0 saturated carbocycles. The van der Waals surface area contributed by atoms with Gasteiger partial charge in [-0.25, -0.2) is 4.39 Å². The summed E-state index contributed by atoms with van der Waals surface area (Å²) < 4.78 is 15.8. The van der Waals surface area contributed by atoms with E-state index < -0.39 is 0 Å². The predicted molar refractivity (Wildman–Crippen MR) is 70.3 cm³/mol. The van der Waals surface area contributed by atoms with Gasteiger partial charge in [0.2, 0.25) is 0 Å². The van der Waals surface area contributed by atoms with Crippen LogP contribution in [0.5, 0.6) is 0 Å². The van der Waals surface area contributed by atoms with Crippen molar-refractivity contribution in [3.63, 3.8) is 0 Å². The summed E-state index contributed by atoms with van der Waals surface area (Å²) in [5.74, 6) is 1.64. The molecule has 1 atom stereocenters. The Balaban J connectivity index is 1.91. The van der Waals surface area contributed by atoms with Crippen LogP contribution in [0.1, 0.15) is 36.6 Å². The van der Waals surface area contributed by atoms with Crippen LogP contribution in [-0.4, -0.2) is 21.3 Å². The summed E-state index contributed by atoms with van der Waals surface area (Å²) in [5, 5.41) is 11.9. The average molecular weight is 260 g/mol. The van der Waals surface area contributed by atoms with Crippen molar-refractivity contribution in [1.82, 2.24) is 20.1 Å². The Morgan fingerprint density at radius 3 is 3.00 bits per heavy atom. The molecular formula is C14H17FN4. The smallest absolute Gasteiger partial charge is 0.150 e. The Bertz CT molecular complexity index is 579. The van der Waals surface area contributed by atoms with Crippen molar-refractivity contribution < 1.29 is 4.39 Å². The topological polar surface area (TPSA) is 42.7 Å². The Morgan fingerprint density at radius 2 is 2.21 bits per heavy atom. The van der Waals surface area contributed by atoms with Crippen LogP contribution in [-0.2, 0) is 13.0 Å². The van der Waals surface area contributed by atoms with Gasteiger partial charge in [-0.15, -0.1) is 10.2 Å². The maximum absolute atomic E-state index is 13.7. The first-order valence-electron chi connectivity index (χ1n) is 6.68. The molecule has 3 rings (SSSR count). The van der Waals surface area contributed by atoms with Gasteiger partial charge in [-0.2, -0.15) is 0 Å². The lowest BCUT2D eigenvalue weighted by Crippen LogP contribution is -2.34. The van der Waals surface area contributed by atoms with E-state index >= 15 is 0 Å². The normalized spacial score (nSPS) is 18.3. The molecule has 1 aromatic carbocycles. The van der Waals surface area contributed by atoms with E-state index in [1.54, 1.807) is 12.1 Å². The fraction of sp³-hybridized carbons (Fsp3) is 0.429. The van der Waals surface area contributed by atoms with Crippen molar-refractivity contribution in [3.05, 3.63) is 47.3 Å². The van der Waals surface area contributed by atoms with Gasteiger partial charge in [0.15, 0.2) is 0 Å². The van der Waals surface area contributed by atoms with Crippen LogP contribution in [0.15, 0.2) is 24.3 Å². The van der Waals surface area contributed by atoms with Gasteiger partial charge in [0.1, 0.15) is 17.5 Å². The molecule has 0 spiro atoms. The van der Waals surface area contributed by atoms with E-state index in [4.69, 9.17) is 0 Å². The van der Waals surface area contributed by atoms with E-state index in [1.165, 1.54) is 6.07 Å². The van der Waals surface area contributed by atoms with Crippen LogP contribution in [0.3, 0.4) is 0 Å². The maximum atomic E-state index is 13.7. The Kier molecular flexibility index (Phi) is 3.29. The molecule has 0 fully saturated rings. The zero-order chi connectivity index (χ0) is 13.2. The zero-order valence-electron chi connectivity index (χ0n) is 10.9. The van der Waals surface area contributed by atoms with Crippen molar-refractivity contribution in [1.29, 1.82) is 0 Å². The summed E-state index contributed by atoms with van der Waals surface area (Å²) in [4.78, 5) is 0. The molecule has 0 radical (unpaired) electrons. The third-order valence-electron chi connectivity index (χ3n) is 3.61. The Labute approximate surface area is 111 Å². The highest BCUT2D eigenvalue weighted by Crippen LogP contribution is 2.21. The van der Waals surface area contributed by atoms with Gasteiger partial charge in [0.25, 0.3) is 0 Å². The lowest BCUT2D eigenvalue weighted by molar-refractivity contribution is 0.401. The van der Waals surface area contributed by atoms with E-state index in [-0.39, 0.29) is 11.9 Å². The third kappa shape index (κ3) is 2.26. The molecular weight excluding hydrogens is 243 g/mol. The number of fused-ring (bicyclic) bond motifs is 1. The lowest BCUT2D eigenvalue weighted by Gasteiger charge is -2.24. The van der Waals surface area contributed by atoms with Gasteiger partial charge in [-0.3, -0.25) is 0 Å². The molecule has 100 valence electrons. The van der Waals surface area contributed by atoms with Crippen LogP contribution in [0, 0.1) is 5.82 Å².